The van der Waals surface area contributed by atoms with Gasteiger partial charge in [-0.1, -0.05) is 25.5 Å². The van der Waals surface area contributed by atoms with Crippen LogP contribution >= 0.6 is 12.4 Å². The fraction of sp³-hybridized carbons (Fsp3) is 0.480. The van der Waals surface area contributed by atoms with E-state index in [0.717, 1.165) is 42.6 Å². The molecule has 1 heterocycles. The fourth-order valence-corrected chi connectivity index (χ4v) is 4.34. The number of nitrogens with one attached hydrogen (secondary N) is 1. The molecule has 7 heteroatoms. The molecule has 0 spiro atoms. The number of rotatable bonds is 9. The molecule has 176 valence electrons. The lowest BCUT2D eigenvalue weighted by Crippen LogP contribution is -2.49. The summed E-state index contributed by atoms with van der Waals surface area (Å²) in [6.45, 7) is 2.82. The van der Waals surface area contributed by atoms with E-state index in [9.17, 15) is 4.79 Å². The Labute approximate surface area is 197 Å². The van der Waals surface area contributed by atoms with Crippen LogP contribution in [0.3, 0.4) is 0 Å². The smallest absolute Gasteiger partial charge is 0.228 e. The zero-order valence-electron chi connectivity index (χ0n) is 19.7. The van der Waals surface area contributed by atoms with Crippen LogP contribution in [0, 0.1) is 0 Å². The van der Waals surface area contributed by atoms with Gasteiger partial charge in [-0.05, 0) is 60.3 Å². The van der Waals surface area contributed by atoms with Crippen molar-refractivity contribution >= 4 is 18.3 Å². The van der Waals surface area contributed by atoms with E-state index in [1.807, 2.05) is 30.1 Å². The third kappa shape index (κ3) is 5.67. The number of aryl methyl sites for hydroxylation is 1. The summed E-state index contributed by atoms with van der Waals surface area (Å²) in [7, 11) is 6.88. The van der Waals surface area contributed by atoms with Crippen molar-refractivity contribution < 1.29 is 19.0 Å². The van der Waals surface area contributed by atoms with Gasteiger partial charge in [-0.15, -0.1) is 12.4 Å². The Hall–Kier alpha value is -2.44. The minimum absolute atomic E-state index is 0. The second kappa shape index (κ2) is 12.0. The maximum absolute atomic E-state index is 13.2. The number of halogens is 1. The Kier molecular flexibility index (Phi) is 9.66. The molecule has 0 saturated carbocycles. The van der Waals surface area contributed by atoms with Gasteiger partial charge in [-0.3, -0.25) is 4.79 Å². The molecule has 1 atom stereocenters. The number of fused-ring (bicyclic) bond motifs is 1. The van der Waals surface area contributed by atoms with Crippen LogP contribution in [0.25, 0.3) is 0 Å². The minimum Gasteiger partial charge on any atom is -0.496 e. The van der Waals surface area contributed by atoms with E-state index >= 15 is 0 Å². The van der Waals surface area contributed by atoms with Gasteiger partial charge in [-0.2, -0.15) is 0 Å². The lowest BCUT2D eigenvalue weighted by atomic mass is 10.0. The Bertz CT molecular complexity index is 919. The van der Waals surface area contributed by atoms with Crippen molar-refractivity contribution in [2.24, 2.45) is 0 Å². The molecule has 0 aromatic heterocycles. The van der Waals surface area contributed by atoms with Crippen molar-refractivity contribution in [3.05, 3.63) is 52.6 Å². The van der Waals surface area contributed by atoms with Crippen LogP contribution in [0.5, 0.6) is 17.2 Å². The molecule has 0 radical (unpaired) electrons. The van der Waals surface area contributed by atoms with Crippen LogP contribution in [0.1, 0.15) is 35.6 Å². The van der Waals surface area contributed by atoms with E-state index in [-0.39, 0.29) is 24.5 Å². The Morgan fingerprint density at radius 1 is 1.00 bits per heavy atom. The van der Waals surface area contributed by atoms with Gasteiger partial charge in [0, 0.05) is 13.0 Å². The molecule has 1 aliphatic heterocycles. The zero-order chi connectivity index (χ0) is 22.4. The molecule has 0 aliphatic carbocycles. The van der Waals surface area contributed by atoms with Gasteiger partial charge < -0.3 is 24.4 Å². The summed E-state index contributed by atoms with van der Waals surface area (Å²) in [6.07, 6.45) is 3.84. The standard InChI is InChI=1S/C25H34N2O4.ClH/c1-6-7-19-12-17(8-9-21(19)29-3)13-24(26-2)27-11-10-18-14-22(30-4)23(31-5)15-20(18)16-25(27)28;/h8-9,12,14-15,24,26H,6-7,10-11,13,16H2,1-5H3;1H. The van der Waals surface area contributed by atoms with E-state index in [1.165, 1.54) is 11.1 Å². The summed E-state index contributed by atoms with van der Waals surface area (Å²) < 4.78 is 16.4. The van der Waals surface area contributed by atoms with Gasteiger partial charge in [0.2, 0.25) is 5.91 Å². The van der Waals surface area contributed by atoms with Crippen LogP contribution in [-0.2, 0) is 30.5 Å². The van der Waals surface area contributed by atoms with Crippen molar-refractivity contribution in [2.75, 3.05) is 34.9 Å². The summed E-state index contributed by atoms with van der Waals surface area (Å²) in [5, 5.41) is 3.35. The van der Waals surface area contributed by atoms with Crippen molar-refractivity contribution in [2.45, 2.75) is 45.2 Å². The second-order valence-corrected chi connectivity index (χ2v) is 7.89. The molecule has 1 amide bonds. The van der Waals surface area contributed by atoms with E-state index in [4.69, 9.17) is 14.2 Å². The topological polar surface area (TPSA) is 60.0 Å². The SMILES string of the molecule is CCCc1cc(CC(NC)N2CCc3cc(OC)c(OC)cc3CC2=O)ccc1OC.Cl. The monoisotopic (exact) mass is 462 g/mol. The van der Waals surface area contributed by atoms with E-state index in [1.54, 1.807) is 21.3 Å². The Morgan fingerprint density at radius 3 is 2.25 bits per heavy atom. The quantitative estimate of drug-likeness (QED) is 0.614. The number of amides is 1. The first kappa shape index (κ1) is 25.8. The summed E-state index contributed by atoms with van der Waals surface area (Å²) in [5.74, 6) is 2.41. The third-order valence-corrected chi connectivity index (χ3v) is 5.99. The maximum atomic E-state index is 13.2. The third-order valence-electron chi connectivity index (χ3n) is 5.99. The highest BCUT2D eigenvalue weighted by Crippen LogP contribution is 2.33. The van der Waals surface area contributed by atoms with Gasteiger partial charge in [0.25, 0.3) is 0 Å². The molecule has 0 fully saturated rings. The average Bonchev–Trinajstić information content (AvgIpc) is 2.94. The molecule has 1 unspecified atom stereocenters. The number of hydrogen-bond acceptors (Lipinski definition) is 5. The van der Waals surface area contributed by atoms with Gasteiger partial charge >= 0.3 is 0 Å². The number of nitrogens with zero attached hydrogens (tertiary/aromatic N) is 1. The van der Waals surface area contributed by atoms with Crippen LogP contribution in [-0.4, -0.2) is 51.9 Å². The predicted octanol–water partition coefficient (Wildman–Crippen LogP) is 3.80. The molecular formula is C25H35ClN2O4. The zero-order valence-corrected chi connectivity index (χ0v) is 20.5. The van der Waals surface area contributed by atoms with Crippen molar-refractivity contribution in [3.8, 4) is 17.2 Å². The number of carbonyl (C=O) groups excluding carboxylic acids is 1. The van der Waals surface area contributed by atoms with E-state index in [2.05, 4.69) is 24.4 Å². The lowest BCUT2D eigenvalue weighted by Gasteiger charge is -2.31. The number of benzene rings is 2. The summed E-state index contributed by atoms with van der Waals surface area (Å²) in [4.78, 5) is 15.1. The predicted molar refractivity (Wildman–Crippen MR) is 129 cm³/mol. The first-order valence-corrected chi connectivity index (χ1v) is 10.9. The number of ether oxygens (including phenoxy) is 3. The second-order valence-electron chi connectivity index (χ2n) is 7.89. The van der Waals surface area contributed by atoms with E-state index in [0.29, 0.717) is 24.5 Å². The van der Waals surface area contributed by atoms with Gasteiger partial charge in [0.15, 0.2) is 11.5 Å². The number of methoxy groups -OCH3 is 3. The molecule has 1 N–H and O–H groups in total. The first-order chi connectivity index (χ1) is 15.0. The Morgan fingerprint density at radius 2 is 1.66 bits per heavy atom. The largest absolute Gasteiger partial charge is 0.496 e. The molecule has 6 nitrogen and oxygen atoms in total. The summed E-state index contributed by atoms with van der Waals surface area (Å²) in [5.41, 5.74) is 4.56. The number of carbonyl (C=O) groups is 1. The molecule has 1 aliphatic rings. The van der Waals surface area contributed by atoms with Gasteiger partial charge in [-0.25, -0.2) is 0 Å². The molecule has 0 bridgehead atoms. The maximum Gasteiger partial charge on any atom is 0.228 e. The first-order valence-electron chi connectivity index (χ1n) is 10.9. The normalized spacial score (nSPS) is 14.2. The molecular weight excluding hydrogens is 428 g/mol. The van der Waals surface area contributed by atoms with Crippen molar-refractivity contribution in [1.82, 2.24) is 10.2 Å². The van der Waals surface area contributed by atoms with E-state index < -0.39 is 0 Å². The highest BCUT2D eigenvalue weighted by Gasteiger charge is 2.27. The Balaban J connectivity index is 0.00000363. The average molecular weight is 463 g/mol. The van der Waals surface area contributed by atoms with Crippen LogP contribution in [0.15, 0.2) is 30.3 Å². The van der Waals surface area contributed by atoms with Crippen molar-refractivity contribution in [3.63, 3.8) is 0 Å². The van der Waals surface area contributed by atoms with Gasteiger partial charge in [0.05, 0.1) is 33.9 Å². The highest BCUT2D eigenvalue weighted by atomic mass is 35.5. The fourth-order valence-electron chi connectivity index (χ4n) is 4.34. The summed E-state index contributed by atoms with van der Waals surface area (Å²) in [6, 6.07) is 10.3. The lowest BCUT2D eigenvalue weighted by molar-refractivity contribution is -0.133. The minimum atomic E-state index is -0.0755. The van der Waals surface area contributed by atoms with Crippen LogP contribution in [0.4, 0.5) is 0 Å². The van der Waals surface area contributed by atoms with Crippen LogP contribution < -0.4 is 19.5 Å². The highest BCUT2D eigenvalue weighted by molar-refractivity contribution is 5.85. The summed E-state index contributed by atoms with van der Waals surface area (Å²) >= 11 is 0. The van der Waals surface area contributed by atoms with Crippen LogP contribution in [0.2, 0.25) is 0 Å². The molecule has 2 aromatic carbocycles. The molecule has 32 heavy (non-hydrogen) atoms. The molecule has 3 rings (SSSR count). The molecule has 0 saturated heterocycles. The molecule has 2 aromatic rings. The number of hydrogen-bond donors (Lipinski definition) is 1. The number of likely N-dealkylation sites (N-methyl/N-ethyl adjacent to an activating group) is 1. The van der Waals surface area contributed by atoms with Crippen molar-refractivity contribution in [1.29, 1.82) is 0 Å². The van der Waals surface area contributed by atoms with Gasteiger partial charge in [0.1, 0.15) is 5.75 Å².